The van der Waals surface area contributed by atoms with Gasteiger partial charge in [0.05, 0.1) is 0 Å². The van der Waals surface area contributed by atoms with Gasteiger partial charge >= 0.3 is 51.4 Å². The third kappa shape index (κ3) is 5.32. The molecule has 0 spiro atoms. The second-order valence-electron chi connectivity index (χ2n) is 3.35. The minimum Gasteiger partial charge on any atom is -0.342 e. The number of hydrogen-bond donors (Lipinski definition) is 0. The van der Waals surface area contributed by atoms with Gasteiger partial charge in [-0.15, -0.1) is 0 Å². The van der Waals surface area contributed by atoms with Crippen molar-refractivity contribution in [2.75, 3.05) is 39.8 Å². The first-order valence-electron chi connectivity index (χ1n) is 4.53. The van der Waals surface area contributed by atoms with Gasteiger partial charge < -0.3 is 16.7 Å². The van der Waals surface area contributed by atoms with Gasteiger partial charge in [0.25, 0.3) is 0 Å². The van der Waals surface area contributed by atoms with Crippen molar-refractivity contribution < 1.29 is 51.4 Å². The van der Waals surface area contributed by atoms with Crippen molar-refractivity contribution in [1.82, 2.24) is 9.80 Å². The zero-order valence-electron chi connectivity index (χ0n) is 8.55. The van der Waals surface area contributed by atoms with Crippen molar-refractivity contribution in [3.63, 3.8) is 0 Å². The van der Waals surface area contributed by atoms with Gasteiger partial charge in [0.2, 0.25) is 0 Å². The van der Waals surface area contributed by atoms with Crippen LogP contribution in [0.15, 0.2) is 0 Å². The molecule has 1 heterocycles. The smallest absolute Gasteiger partial charge is 0.342 e. The van der Waals surface area contributed by atoms with Crippen molar-refractivity contribution in [1.29, 1.82) is 0 Å². The maximum atomic E-state index is 3.87. The van der Waals surface area contributed by atoms with E-state index in [0.29, 0.717) is 0 Å². The maximum absolute atomic E-state index is 3.87. The van der Waals surface area contributed by atoms with Gasteiger partial charge in [-0.05, 0) is 33.1 Å². The Morgan fingerprint density at radius 3 is 2.58 bits per heavy atom. The summed E-state index contributed by atoms with van der Waals surface area (Å²) in [6.45, 7) is 10.0. The summed E-state index contributed by atoms with van der Waals surface area (Å²) < 4.78 is 0. The average molecular weight is 194 g/mol. The molecule has 0 bridgehead atoms. The van der Waals surface area contributed by atoms with E-state index in [1.165, 1.54) is 39.1 Å². The monoisotopic (exact) mass is 194 g/mol. The van der Waals surface area contributed by atoms with Crippen LogP contribution in [0.1, 0.15) is 12.8 Å². The maximum Gasteiger partial charge on any atom is 1.00 e. The Hall–Kier alpha value is 1.56. The summed E-state index contributed by atoms with van der Waals surface area (Å²) in [5, 5.41) is 0. The molecule has 0 atom stereocenters. The van der Waals surface area contributed by atoms with Crippen LogP contribution < -0.4 is 51.4 Å². The summed E-state index contributed by atoms with van der Waals surface area (Å²) >= 11 is 0. The van der Waals surface area contributed by atoms with Gasteiger partial charge in [-0.1, -0.05) is 0 Å². The largest absolute Gasteiger partial charge is 1.00 e. The first-order valence-corrected chi connectivity index (χ1v) is 4.53. The first kappa shape index (κ1) is 13.6. The molecule has 66 valence electrons. The molecule has 0 unspecified atom stereocenters. The molecule has 0 N–H and O–H groups in total. The molecule has 0 aromatic rings. The summed E-state index contributed by atoms with van der Waals surface area (Å²) in [5.41, 5.74) is 0. The molecule has 1 fully saturated rings. The number of rotatable bonds is 2. The first-order chi connectivity index (χ1) is 5.33. The minimum atomic E-state index is 0. The number of hydrogen-bond acceptors (Lipinski definition) is 2. The summed E-state index contributed by atoms with van der Waals surface area (Å²) in [4.78, 5) is 4.92. The van der Waals surface area contributed by atoms with Crippen molar-refractivity contribution in [3.8, 4) is 0 Å². The molecule has 0 radical (unpaired) electrons. The van der Waals surface area contributed by atoms with E-state index in [9.17, 15) is 0 Å². The van der Waals surface area contributed by atoms with Crippen LogP contribution in [0.3, 0.4) is 0 Å². The summed E-state index contributed by atoms with van der Waals surface area (Å²) in [6, 6.07) is 0. The fraction of sp³-hybridized carbons (Fsp3) is 0.889. The molecular formula is C9H19KN2. The van der Waals surface area contributed by atoms with E-state index in [1.54, 1.807) is 0 Å². The van der Waals surface area contributed by atoms with Crippen LogP contribution >= 0.6 is 0 Å². The Kier molecular flexibility index (Phi) is 8.94. The van der Waals surface area contributed by atoms with E-state index < -0.39 is 0 Å². The van der Waals surface area contributed by atoms with Crippen LogP contribution in [0.2, 0.25) is 0 Å². The Labute approximate surface area is 119 Å². The zero-order chi connectivity index (χ0) is 8.10. The molecule has 2 nitrogen and oxygen atoms in total. The van der Waals surface area contributed by atoms with Gasteiger partial charge in [-0.3, -0.25) is 0 Å². The van der Waals surface area contributed by atoms with Gasteiger partial charge in [-0.2, -0.15) is 6.42 Å². The average Bonchev–Trinajstić information content (AvgIpc) is 2.17. The van der Waals surface area contributed by atoms with E-state index in [0.717, 1.165) is 6.42 Å². The van der Waals surface area contributed by atoms with Crippen LogP contribution in [0.5, 0.6) is 0 Å². The normalized spacial score (nSPS) is 21.5. The third-order valence-electron chi connectivity index (χ3n) is 2.29. The topological polar surface area (TPSA) is 6.48 Å². The van der Waals surface area contributed by atoms with Crippen LogP contribution in [-0.4, -0.2) is 49.6 Å². The molecule has 0 aromatic heterocycles. The van der Waals surface area contributed by atoms with Crippen LogP contribution in [-0.2, 0) is 0 Å². The quantitative estimate of drug-likeness (QED) is 0.365. The SMILES string of the molecule is [CH2-]CCN1CCCN(C)CC1.[K+]. The Morgan fingerprint density at radius 2 is 1.92 bits per heavy atom. The van der Waals surface area contributed by atoms with Gasteiger partial charge in [0, 0.05) is 13.1 Å². The van der Waals surface area contributed by atoms with Gasteiger partial charge in [-0.25, -0.2) is 0 Å². The van der Waals surface area contributed by atoms with Crippen molar-refractivity contribution in [3.05, 3.63) is 6.92 Å². The fourth-order valence-electron chi connectivity index (χ4n) is 1.55. The molecule has 0 aromatic carbocycles. The molecule has 1 saturated heterocycles. The van der Waals surface area contributed by atoms with E-state index in [4.69, 9.17) is 0 Å². The summed E-state index contributed by atoms with van der Waals surface area (Å²) in [5.74, 6) is 0. The predicted molar refractivity (Wildman–Crippen MR) is 48.5 cm³/mol. The van der Waals surface area contributed by atoms with E-state index >= 15 is 0 Å². The molecule has 0 saturated carbocycles. The fourth-order valence-corrected chi connectivity index (χ4v) is 1.55. The molecular weight excluding hydrogens is 175 g/mol. The zero-order valence-corrected chi connectivity index (χ0v) is 11.7. The van der Waals surface area contributed by atoms with E-state index in [1.807, 2.05) is 0 Å². The van der Waals surface area contributed by atoms with E-state index in [2.05, 4.69) is 23.8 Å². The molecule has 1 aliphatic heterocycles. The van der Waals surface area contributed by atoms with Crippen molar-refractivity contribution in [2.24, 2.45) is 0 Å². The Balaban J connectivity index is 0.00000121. The minimum absolute atomic E-state index is 0. The van der Waals surface area contributed by atoms with E-state index in [-0.39, 0.29) is 51.4 Å². The molecule has 1 rings (SSSR count). The second kappa shape index (κ2) is 7.91. The molecule has 0 amide bonds. The van der Waals surface area contributed by atoms with Crippen LogP contribution in [0.25, 0.3) is 0 Å². The van der Waals surface area contributed by atoms with Gasteiger partial charge in [0.15, 0.2) is 0 Å². The Bertz CT molecular complexity index is 109. The standard InChI is InChI=1S/C9H19N2.K/c1-3-5-11-7-4-6-10(2)8-9-11;/h1,3-9H2,2H3;/q-1;+1. The third-order valence-corrected chi connectivity index (χ3v) is 2.29. The number of likely N-dealkylation sites (N-methyl/N-ethyl adjacent to an activating group) is 1. The summed E-state index contributed by atoms with van der Waals surface area (Å²) in [6.07, 6.45) is 2.36. The number of nitrogens with zero attached hydrogens (tertiary/aromatic N) is 2. The van der Waals surface area contributed by atoms with Gasteiger partial charge in [0.1, 0.15) is 0 Å². The Morgan fingerprint density at radius 1 is 1.17 bits per heavy atom. The molecule has 1 aliphatic rings. The van der Waals surface area contributed by atoms with Crippen molar-refractivity contribution in [2.45, 2.75) is 12.8 Å². The van der Waals surface area contributed by atoms with Crippen LogP contribution in [0.4, 0.5) is 0 Å². The molecule has 0 aliphatic carbocycles. The summed E-state index contributed by atoms with van der Waals surface area (Å²) in [7, 11) is 2.20. The van der Waals surface area contributed by atoms with Crippen LogP contribution in [0, 0.1) is 6.92 Å². The van der Waals surface area contributed by atoms with Crippen molar-refractivity contribution >= 4 is 0 Å². The molecule has 3 heteroatoms. The second-order valence-corrected chi connectivity index (χ2v) is 3.35. The molecule has 12 heavy (non-hydrogen) atoms. The predicted octanol–water partition coefficient (Wildman–Crippen LogP) is -2.15.